The third-order valence-corrected chi connectivity index (χ3v) is 3.43. The standard InChI is InChI=1S/C16H14N2O4S/c1-3-21-15(19)11(9-17)7-13-5-6-14(23-13)8-12(10-18)16(20)22-4-2/h5-8H,3-4H2,1-2H3/b11-7+,12-8+. The van der Waals surface area contributed by atoms with Crippen molar-refractivity contribution in [2.75, 3.05) is 13.2 Å². The van der Waals surface area contributed by atoms with Crippen molar-refractivity contribution in [3.63, 3.8) is 0 Å². The van der Waals surface area contributed by atoms with Crippen molar-refractivity contribution in [3.8, 4) is 12.1 Å². The lowest BCUT2D eigenvalue weighted by Crippen LogP contribution is -2.05. The van der Waals surface area contributed by atoms with E-state index in [-0.39, 0.29) is 24.4 Å². The van der Waals surface area contributed by atoms with Crippen molar-refractivity contribution in [3.05, 3.63) is 33.0 Å². The van der Waals surface area contributed by atoms with Gasteiger partial charge in [-0.1, -0.05) is 0 Å². The first-order valence-electron chi connectivity index (χ1n) is 6.73. The van der Waals surface area contributed by atoms with Crippen LogP contribution in [0.2, 0.25) is 0 Å². The highest BCUT2D eigenvalue weighted by molar-refractivity contribution is 7.13. The maximum absolute atomic E-state index is 11.5. The molecule has 0 saturated heterocycles. The number of rotatable bonds is 6. The van der Waals surface area contributed by atoms with Gasteiger partial charge in [-0.3, -0.25) is 0 Å². The lowest BCUT2D eigenvalue weighted by Gasteiger charge is -1.98. The van der Waals surface area contributed by atoms with Gasteiger partial charge < -0.3 is 9.47 Å². The Balaban J connectivity index is 3.02. The minimum Gasteiger partial charge on any atom is -0.462 e. The lowest BCUT2D eigenvalue weighted by molar-refractivity contribution is -0.138. The Morgan fingerprint density at radius 3 is 1.70 bits per heavy atom. The molecule has 1 heterocycles. The van der Waals surface area contributed by atoms with Gasteiger partial charge >= 0.3 is 11.9 Å². The summed E-state index contributed by atoms with van der Waals surface area (Å²) in [5, 5.41) is 18.0. The molecule has 7 heteroatoms. The summed E-state index contributed by atoms with van der Waals surface area (Å²) in [5.74, 6) is -1.38. The number of nitrogens with zero attached hydrogens (tertiary/aromatic N) is 2. The van der Waals surface area contributed by atoms with Crippen LogP contribution in [0.1, 0.15) is 23.6 Å². The maximum Gasteiger partial charge on any atom is 0.348 e. The van der Waals surface area contributed by atoms with E-state index in [9.17, 15) is 9.59 Å². The molecule has 0 aromatic carbocycles. The van der Waals surface area contributed by atoms with Crippen molar-refractivity contribution in [1.29, 1.82) is 10.5 Å². The summed E-state index contributed by atoms with van der Waals surface area (Å²) in [5.41, 5.74) is -0.231. The second-order valence-corrected chi connectivity index (χ2v) is 5.17. The van der Waals surface area contributed by atoms with Gasteiger partial charge in [0.05, 0.1) is 13.2 Å². The van der Waals surface area contributed by atoms with Gasteiger partial charge in [0.1, 0.15) is 23.3 Å². The first-order valence-corrected chi connectivity index (χ1v) is 7.55. The molecule has 0 aliphatic heterocycles. The summed E-state index contributed by atoms with van der Waals surface area (Å²) in [6.07, 6.45) is 2.80. The van der Waals surface area contributed by atoms with Crippen LogP contribution in [-0.2, 0) is 19.1 Å². The first-order chi connectivity index (χ1) is 11.0. The van der Waals surface area contributed by atoms with Crippen molar-refractivity contribution in [2.45, 2.75) is 13.8 Å². The third-order valence-electron chi connectivity index (χ3n) is 2.45. The topological polar surface area (TPSA) is 100 Å². The van der Waals surface area contributed by atoms with Gasteiger partial charge in [0.2, 0.25) is 0 Å². The zero-order chi connectivity index (χ0) is 17.2. The highest BCUT2D eigenvalue weighted by Gasteiger charge is 2.12. The molecule has 0 N–H and O–H groups in total. The summed E-state index contributed by atoms with van der Waals surface area (Å²) < 4.78 is 9.55. The van der Waals surface area contributed by atoms with Gasteiger partial charge in [-0.15, -0.1) is 11.3 Å². The highest BCUT2D eigenvalue weighted by Crippen LogP contribution is 2.22. The van der Waals surface area contributed by atoms with Gasteiger partial charge in [-0.05, 0) is 38.1 Å². The van der Waals surface area contributed by atoms with E-state index in [1.807, 2.05) is 0 Å². The third kappa shape index (κ3) is 5.42. The summed E-state index contributed by atoms with van der Waals surface area (Å²) in [4.78, 5) is 24.3. The van der Waals surface area contributed by atoms with Gasteiger partial charge in [0.25, 0.3) is 0 Å². The largest absolute Gasteiger partial charge is 0.462 e. The van der Waals surface area contributed by atoms with E-state index in [0.29, 0.717) is 9.75 Å². The van der Waals surface area contributed by atoms with Crippen molar-refractivity contribution < 1.29 is 19.1 Å². The van der Waals surface area contributed by atoms with Crippen LogP contribution in [0.25, 0.3) is 12.2 Å². The molecule has 0 atom stereocenters. The fraction of sp³-hybridized carbons (Fsp3) is 0.250. The predicted molar refractivity (Wildman–Crippen MR) is 84.8 cm³/mol. The van der Waals surface area contributed by atoms with Crippen LogP contribution >= 0.6 is 11.3 Å². The summed E-state index contributed by atoms with van der Waals surface area (Å²) in [7, 11) is 0. The molecule has 0 aliphatic carbocycles. The molecule has 1 aromatic rings. The van der Waals surface area contributed by atoms with Crippen LogP contribution in [0.15, 0.2) is 23.3 Å². The van der Waals surface area contributed by atoms with Crippen LogP contribution in [0.4, 0.5) is 0 Å². The molecule has 1 aromatic heterocycles. The van der Waals surface area contributed by atoms with E-state index in [1.54, 1.807) is 38.1 Å². The summed E-state index contributed by atoms with van der Waals surface area (Å²) in [6.45, 7) is 3.67. The van der Waals surface area contributed by atoms with Gasteiger partial charge in [0.15, 0.2) is 0 Å². The Morgan fingerprint density at radius 1 is 1.00 bits per heavy atom. The zero-order valence-electron chi connectivity index (χ0n) is 12.7. The van der Waals surface area contributed by atoms with Crippen molar-refractivity contribution in [2.24, 2.45) is 0 Å². The molecule has 0 fully saturated rings. The SMILES string of the molecule is CCOC(=O)/C(C#N)=C/c1ccc(/C=C(\C#N)C(=O)OCC)s1. The molecule has 118 valence electrons. The molecule has 23 heavy (non-hydrogen) atoms. The second kappa shape index (κ2) is 9.19. The van der Waals surface area contributed by atoms with Gasteiger partial charge in [0, 0.05) is 9.75 Å². The zero-order valence-corrected chi connectivity index (χ0v) is 13.5. The number of hydrogen-bond donors (Lipinski definition) is 0. The Kier molecular flexibility index (Phi) is 7.25. The van der Waals surface area contributed by atoms with Crippen LogP contribution < -0.4 is 0 Å². The molecule has 0 amide bonds. The number of carbonyl (C=O) groups excluding carboxylic acids is 2. The fourth-order valence-electron chi connectivity index (χ4n) is 1.50. The van der Waals surface area contributed by atoms with E-state index in [4.69, 9.17) is 20.0 Å². The number of ether oxygens (including phenoxy) is 2. The van der Waals surface area contributed by atoms with Gasteiger partial charge in [-0.2, -0.15) is 10.5 Å². The Bertz CT molecular complexity index is 671. The smallest absolute Gasteiger partial charge is 0.348 e. The summed E-state index contributed by atoms with van der Waals surface area (Å²) >= 11 is 1.22. The number of carbonyl (C=O) groups is 2. The molecule has 0 spiro atoms. The molecule has 0 saturated carbocycles. The average Bonchev–Trinajstić information content (AvgIpc) is 2.97. The average molecular weight is 330 g/mol. The fourth-order valence-corrected chi connectivity index (χ4v) is 2.40. The molecular weight excluding hydrogens is 316 g/mol. The highest BCUT2D eigenvalue weighted by atomic mass is 32.1. The van der Waals surface area contributed by atoms with Crippen LogP contribution in [0.5, 0.6) is 0 Å². The van der Waals surface area contributed by atoms with E-state index >= 15 is 0 Å². The Morgan fingerprint density at radius 2 is 1.39 bits per heavy atom. The van der Waals surface area contributed by atoms with Crippen molar-refractivity contribution >= 4 is 35.4 Å². The molecule has 1 rings (SSSR count). The maximum atomic E-state index is 11.5. The normalized spacial score (nSPS) is 11.3. The first kappa shape index (κ1) is 18.1. The van der Waals surface area contributed by atoms with Crippen molar-refractivity contribution in [1.82, 2.24) is 0 Å². The Hall–Kier alpha value is -2.90. The molecule has 0 aliphatic rings. The number of nitriles is 2. The van der Waals surface area contributed by atoms with E-state index in [2.05, 4.69) is 0 Å². The molecule has 0 unspecified atom stereocenters. The number of thiophene rings is 1. The molecular formula is C16H14N2O4S. The minimum absolute atomic E-state index is 0.116. The quantitative estimate of drug-likeness (QED) is 0.451. The predicted octanol–water partition coefficient (Wildman–Crippen LogP) is 2.69. The monoisotopic (exact) mass is 330 g/mol. The van der Waals surface area contributed by atoms with E-state index in [1.165, 1.54) is 23.5 Å². The van der Waals surface area contributed by atoms with Crippen LogP contribution in [0.3, 0.4) is 0 Å². The molecule has 0 radical (unpaired) electrons. The minimum atomic E-state index is -0.690. The number of hydrogen-bond acceptors (Lipinski definition) is 7. The van der Waals surface area contributed by atoms with Gasteiger partial charge in [-0.25, -0.2) is 9.59 Å². The summed E-state index contributed by atoms with van der Waals surface area (Å²) in [6, 6.07) is 6.91. The Labute approximate surface area is 137 Å². The molecule has 6 nitrogen and oxygen atoms in total. The second-order valence-electron chi connectivity index (χ2n) is 4.02. The molecule has 0 bridgehead atoms. The van der Waals surface area contributed by atoms with E-state index in [0.717, 1.165) is 0 Å². The lowest BCUT2D eigenvalue weighted by atomic mass is 10.2. The van der Waals surface area contributed by atoms with Crippen LogP contribution in [-0.4, -0.2) is 25.2 Å². The van der Waals surface area contributed by atoms with E-state index < -0.39 is 11.9 Å². The number of esters is 2. The van der Waals surface area contributed by atoms with Crippen LogP contribution in [0, 0.1) is 22.7 Å².